The Morgan fingerprint density at radius 1 is 0.815 bits per heavy atom. The minimum atomic E-state index is -1.69. The number of carbonyl (C=O) groups excluding carboxylic acids is 9. The molecule has 6 atom stereocenters. The zero-order chi connectivity index (χ0) is 48.3. The predicted molar refractivity (Wildman–Crippen MR) is 231 cm³/mol. The summed E-state index contributed by atoms with van der Waals surface area (Å²) in [6.45, 7) is -0.282. The molecule has 1 aliphatic rings. The molecule has 65 heavy (non-hydrogen) atoms. The first-order valence-electron chi connectivity index (χ1n) is 21.3. The van der Waals surface area contributed by atoms with Crippen molar-refractivity contribution in [2.45, 2.75) is 120 Å². The zero-order valence-electron chi connectivity index (χ0n) is 36.4. The molecule has 0 unspecified atom stereocenters. The summed E-state index contributed by atoms with van der Waals surface area (Å²) in [5.41, 5.74) is 27.3. The largest absolute Gasteiger partial charge is 0.394 e. The lowest BCUT2D eigenvalue weighted by Gasteiger charge is -2.30. The van der Waals surface area contributed by atoms with E-state index in [0.29, 0.717) is 57.3 Å². The number of carbonyl (C=O) groups is 9. The van der Waals surface area contributed by atoms with E-state index in [1.165, 1.54) is 17.4 Å². The summed E-state index contributed by atoms with van der Waals surface area (Å²) in [5, 5.41) is 25.4. The normalized spacial score (nSPS) is 15.6. The lowest BCUT2D eigenvalue weighted by atomic mass is 10.1. The van der Waals surface area contributed by atoms with E-state index in [9.17, 15) is 48.3 Å². The third-order valence-electron chi connectivity index (χ3n) is 10.1. The van der Waals surface area contributed by atoms with Gasteiger partial charge in [0.15, 0.2) is 5.96 Å². The van der Waals surface area contributed by atoms with E-state index in [1.807, 2.05) is 0 Å². The van der Waals surface area contributed by atoms with Crippen molar-refractivity contribution in [3.8, 4) is 0 Å². The summed E-state index contributed by atoms with van der Waals surface area (Å²) in [7, 11) is 0. The lowest BCUT2D eigenvalue weighted by molar-refractivity contribution is -0.142. The van der Waals surface area contributed by atoms with Gasteiger partial charge in [0.1, 0.15) is 42.9 Å². The molecular formula is C38H66N16O11. The number of hydrogen-bond acceptors (Lipinski definition) is 15. The second-order valence-corrected chi connectivity index (χ2v) is 15.3. The Hall–Kier alpha value is -6.45. The fourth-order valence-electron chi connectivity index (χ4n) is 6.76. The number of aromatic amines is 1. The number of guanidine groups is 1. The van der Waals surface area contributed by atoms with Gasteiger partial charge in [-0.1, -0.05) is 6.42 Å². The summed E-state index contributed by atoms with van der Waals surface area (Å²) in [4.78, 5) is 133. The molecule has 0 radical (unpaired) electrons. The smallest absolute Gasteiger partial charge is 0.248 e. The number of H-pyrrole nitrogens is 1. The Balaban J connectivity index is 2.21. The number of aliphatic hydroxyl groups excluding tert-OH is 1. The molecule has 1 aromatic rings. The first-order chi connectivity index (χ1) is 31.0. The number of nitrogens with two attached hydrogens (primary N) is 6. The highest BCUT2D eigenvalue weighted by Crippen LogP contribution is 2.21. The predicted octanol–water partition coefficient (Wildman–Crippen LogP) is -6.53. The zero-order valence-corrected chi connectivity index (χ0v) is 36.4. The Kier molecular flexibility index (Phi) is 25.1. The maximum atomic E-state index is 14.0. The number of imidazole rings is 1. The van der Waals surface area contributed by atoms with Gasteiger partial charge < -0.3 is 75.6 Å². The lowest BCUT2D eigenvalue weighted by Crippen LogP contribution is -2.60. The maximum absolute atomic E-state index is 14.0. The van der Waals surface area contributed by atoms with E-state index in [0.717, 1.165) is 0 Å². The Bertz CT molecular complexity index is 1760. The molecule has 20 N–H and O–H groups in total. The van der Waals surface area contributed by atoms with Crippen molar-refractivity contribution in [2.75, 3.05) is 39.4 Å². The van der Waals surface area contributed by atoms with E-state index < -0.39 is 90.6 Å². The standard InChI is InChI=1S/C38H66N16O11/c39-12-4-3-8-24(49-30(57)11-2-1-5-13-46-31(58)20-65-44)37(64)54-15-7-10-28(54)36(63)52-26(16-22-18-45-21-48-22)34(61)53-27(19-55)35(62)50-23(9-6-14-47-38(42)43)33(60)51-25(32(41)59)17-29(40)56/h18,21,23-28,55H,1-17,19-20,39,44H2,(H2,40,56)(H2,41,59)(H,45,48)(H,46,58)(H,49,57)(H,50,62)(H,51,60)(H,52,63)(H,53,61)(H4,42,43,47)/t23-,24-,25-,26-,27-,28-/m0/s1. The highest BCUT2D eigenvalue weighted by molar-refractivity contribution is 5.97. The molecule has 9 amide bonds. The number of nitrogens with one attached hydrogen (secondary N) is 7. The Morgan fingerprint density at radius 2 is 1.49 bits per heavy atom. The molecule has 27 nitrogen and oxygen atoms in total. The van der Waals surface area contributed by atoms with Crippen LogP contribution < -0.4 is 66.5 Å². The van der Waals surface area contributed by atoms with E-state index in [2.05, 4.69) is 51.7 Å². The van der Waals surface area contributed by atoms with Crippen LogP contribution in [0.15, 0.2) is 17.5 Å². The molecule has 2 heterocycles. The number of nitrogens with zero attached hydrogens (tertiary/aromatic N) is 3. The van der Waals surface area contributed by atoms with E-state index in [4.69, 9.17) is 34.6 Å². The van der Waals surface area contributed by atoms with Gasteiger partial charge in [0.25, 0.3) is 0 Å². The number of unbranched alkanes of at least 4 members (excludes halogenated alkanes) is 3. The van der Waals surface area contributed by atoms with Crippen molar-refractivity contribution in [3.63, 3.8) is 0 Å². The SMILES string of the molecule is NCCCC[C@H](NC(=O)CCCCCNC(=O)CON)C(=O)N1CCC[C@H]1C(=O)N[C@@H](Cc1cnc[nH]1)C(=O)N[C@@H](CO)C(=O)N[C@@H](CCCN=C(N)N)C(=O)N[C@@H](CC(N)=O)C(N)=O. The average Bonchev–Trinajstić information content (AvgIpc) is 3.97. The molecule has 0 aromatic carbocycles. The summed E-state index contributed by atoms with van der Waals surface area (Å²) < 4.78 is 0. The van der Waals surface area contributed by atoms with Crippen molar-refractivity contribution in [1.82, 2.24) is 46.8 Å². The second kappa shape index (κ2) is 29.8. The van der Waals surface area contributed by atoms with Gasteiger partial charge in [-0.3, -0.25) is 53.0 Å². The molecule has 1 aliphatic heterocycles. The number of amides is 9. The quantitative estimate of drug-likeness (QED) is 0.0138. The van der Waals surface area contributed by atoms with Crippen molar-refractivity contribution >= 4 is 59.1 Å². The monoisotopic (exact) mass is 923 g/mol. The Labute approximate surface area is 375 Å². The van der Waals surface area contributed by atoms with Crippen LogP contribution in [-0.2, 0) is 54.4 Å². The van der Waals surface area contributed by atoms with E-state index >= 15 is 0 Å². The number of likely N-dealkylation sites (tertiary alicyclic amines) is 1. The fraction of sp³-hybridized carbons (Fsp3) is 0.658. The van der Waals surface area contributed by atoms with Crippen LogP contribution in [0, 0.1) is 0 Å². The van der Waals surface area contributed by atoms with Gasteiger partial charge in [-0.05, 0) is 64.3 Å². The topological polar surface area (TPSA) is 456 Å². The number of aromatic nitrogens is 2. The van der Waals surface area contributed by atoms with E-state index in [1.54, 1.807) is 0 Å². The summed E-state index contributed by atoms with van der Waals surface area (Å²) in [6, 6.07) is -8.02. The van der Waals surface area contributed by atoms with Crippen LogP contribution in [-0.4, -0.2) is 155 Å². The first kappa shape index (κ1) is 54.7. The van der Waals surface area contributed by atoms with Crippen molar-refractivity contribution < 1.29 is 53.1 Å². The number of aliphatic hydroxyl groups is 1. The molecule has 1 aromatic heterocycles. The summed E-state index contributed by atoms with van der Waals surface area (Å²) in [5.74, 6) is -2.21. The van der Waals surface area contributed by atoms with Gasteiger partial charge in [-0.2, -0.15) is 0 Å². The minimum absolute atomic E-state index is 0.0308. The van der Waals surface area contributed by atoms with Gasteiger partial charge in [-0.15, -0.1) is 0 Å². The molecule has 1 saturated heterocycles. The minimum Gasteiger partial charge on any atom is -0.394 e. The maximum Gasteiger partial charge on any atom is 0.248 e. The van der Waals surface area contributed by atoms with Gasteiger partial charge in [0, 0.05) is 44.4 Å². The van der Waals surface area contributed by atoms with Crippen LogP contribution in [0.1, 0.15) is 82.7 Å². The van der Waals surface area contributed by atoms with Crippen LogP contribution in [0.2, 0.25) is 0 Å². The van der Waals surface area contributed by atoms with Crippen LogP contribution in [0.4, 0.5) is 0 Å². The van der Waals surface area contributed by atoms with Gasteiger partial charge >= 0.3 is 0 Å². The van der Waals surface area contributed by atoms with Crippen molar-refractivity contribution in [2.24, 2.45) is 39.6 Å². The van der Waals surface area contributed by atoms with Crippen LogP contribution in [0.3, 0.4) is 0 Å². The fourth-order valence-corrected chi connectivity index (χ4v) is 6.76. The van der Waals surface area contributed by atoms with E-state index in [-0.39, 0.29) is 76.0 Å². The van der Waals surface area contributed by atoms with Crippen LogP contribution >= 0.6 is 0 Å². The molecule has 0 bridgehead atoms. The molecule has 2 rings (SSSR count). The molecule has 0 saturated carbocycles. The highest BCUT2D eigenvalue weighted by Gasteiger charge is 2.39. The van der Waals surface area contributed by atoms with Crippen molar-refractivity contribution in [3.05, 3.63) is 18.2 Å². The van der Waals surface area contributed by atoms with Gasteiger partial charge in [-0.25, -0.2) is 10.9 Å². The average molecular weight is 923 g/mol. The number of hydrogen-bond donors (Lipinski definition) is 14. The molecule has 364 valence electrons. The molecule has 0 aliphatic carbocycles. The number of aliphatic imine (C=N–C) groups is 1. The Morgan fingerprint density at radius 3 is 2.12 bits per heavy atom. The third-order valence-corrected chi connectivity index (χ3v) is 10.1. The number of rotatable bonds is 32. The van der Waals surface area contributed by atoms with Gasteiger partial charge in [0.2, 0.25) is 53.2 Å². The molecular weight excluding hydrogens is 857 g/mol. The highest BCUT2D eigenvalue weighted by atomic mass is 16.6. The molecule has 0 spiro atoms. The summed E-state index contributed by atoms with van der Waals surface area (Å²) in [6.07, 6.45) is 5.80. The third kappa shape index (κ3) is 20.7. The van der Waals surface area contributed by atoms with Crippen LogP contribution in [0.25, 0.3) is 0 Å². The molecule has 27 heteroatoms. The first-order valence-corrected chi connectivity index (χ1v) is 21.3. The van der Waals surface area contributed by atoms with Crippen molar-refractivity contribution in [1.29, 1.82) is 0 Å². The number of primary amides is 2. The van der Waals surface area contributed by atoms with Gasteiger partial charge in [0.05, 0.1) is 19.4 Å². The summed E-state index contributed by atoms with van der Waals surface area (Å²) >= 11 is 0. The molecule has 1 fully saturated rings. The second-order valence-electron chi connectivity index (χ2n) is 15.3. The van der Waals surface area contributed by atoms with Crippen LogP contribution in [0.5, 0.6) is 0 Å².